The first-order chi connectivity index (χ1) is 17.9. The molecule has 0 bridgehead atoms. The summed E-state index contributed by atoms with van der Waals surface area (Å²) >= 11 is 0. The Hall–Kier alpha value is -4.47. The van der Waals surface area contributed by atoms with E-state index in [1.54, 1.807) is 42.2 Å². The van der Waals surface area contributed by atoms with Crippen LogP contribution in [0.2, 0.25) is 0 Å². The SMILES string of the molecule is C/C=C/C(=O)N1CCCC(n2cc(-c3ccc(Oc4c(F)cccc4F)cc3)c3c(N)n[nH]c(=O)c32)C1. The molecule has 1 saturated heterocycles. The number of aromatic nitrogens is 3. The maximum atomic E-state index is 14.0. The predicted octanol–water partition coefficient (Wildman–Crippen LogP) is 4.78. The van der Waals surface area contributed by atoms with E-state index in [9.17, 15) is 18.4 Å². The first-order valence-electron chi connectivity index (χ1n) is 11.9. The molecule has 1 aliphatic rings. The lowest BCUT2D eigenvalue weighted by Crippen LogP contribution is -2.40. The summed E-state index contributed by atoms with van der Waals surface area (Å²) < 4.78 is 35.3. The van der Waals surface area contributed by atoms with Gasteiger partial charge in [-0.2, -0.15) is 5.10 Å². The zero-order valence-corrected chi connectivity index (χ0v) is 20.1. The minimum Gasteiger partial charge on any atom is -0.451 e. The number of allylic oxidation sites excluding steroid dienone is 1. The van der Waals surface area contributed by atoms with E-state index in [2.05, 4.69) is 10.2 Å². The van der Waals surface area contributed by atoms with E-state index >= 15 is 0 Å². The zero-order chi connectivity index (χ0) is 26.1. The number of benzene rings is 2. The highest BCUT2D eigenvalue weighted by Crippen LogP contribution is 2.37. The summed E-state index contributed by atoms with van der Waals surface area (Å²) in [4.78, 5) is 27.1. The van der Waals surface area contributed by atoms with Gasteiger partial charge in [-0.25, -0.2) is 13.9 Å². The van der Waals surface area contributed by atoms with Gasteiger partial charge in [0.15, 0.2) is 23.2 Å². The molecule has 4 aromatic rings. The first kappa shape index (κ1) is 24.2. The van der Waals surface area contributed by atoms with Gasteiger partial charge in [-0.3, -0.25) is 9.59 Å². The quantitative estimate of drug-likeness (QED) is 0.380. The van der Waals surface area contributed by atoms with Crippen molar-refractivity contribution in [2.24, 2.45) is 0 Å². The molecule has 1 atom stereocenters. The molecule has 2 aromatic heterocycles. The van der Waals surface area contributed by atoms with E-state index in [-0.39, 0.29) is 29.1 Å². The van der Waals surface area contributed by atoms with Crippen molar-refractivity contribution >= 4 is 22.6 Å². The number of nitrogens with one attached hydrogen (secondary N) is 1. The number of nitrogen functional groups attached to an aromatic ring is 1. The van der Waals surface area contributed by atoms with Crippen LogP contribution in [0, 0.1) is 11.6 Å². The number of anilines is 1. The Morgan fingerprint density at radius 3 is 2.62 bits per heavy atom. The lowest BCUT2D eigenvalue weighted by Gasteiger charge is -2.33. The highest BCUT2D eigenvalue weighted by molar-refractivity contribution is 6.02. The molecular weight excluding hydrogens is 480 g/mol. The van der Waals surface area contributed by atoms with Crippen LogP contribution >= 0.6 is 0 Å². The lowest BCUT2D eigenvalue weighted by molar-refractivity contribution is -0.127. The molecule has 3 N–H and O–H groups in total. The summed E-state index contributed by atoms with van der Waals surface area (Å²) in [6, 6.07) is 9.97. The molecule has 10 heteroatoms. The molecule has 0 aliphatic carbocycles. The van der Waals surface area contributed by atoms with Gasteiger partial charge in [-0.15, -0.1) is 0 Å². The third kappa shape index (κ3) is 4.57. The summed E-state index contributed by atoms with van der Waals surface area (Å²) in [5, 5.41) is 6.91. The van der Waals surface area contributed by atoms with E-state index in [0.717, 1.165) is 25.0 Å². The van der Waals surface area contributed by atoms with Crippen LogP contribution in [0.25, 0.3) is 22.0 Å². The molecule has 1 amide bonds. The Balaban J connectivity index is 1.53. The number of rotatable bonds is 5. The van der Waals surface area contributed by atoms with Gasteiger partial charge in [0, 0.05) is 24.8 Å². The fourth-order valence-corrected chi connectivity index (χ4v) is 4.77. The van der Waals surface area contributed by atoms with Crippen LogP contribution in [0.5, 0.6) is 11.5 Å². The largest absolute Gasteiger partial charge is 0.451 e. The van der Waals surface area contributed by atoms with Gasteiger partial charge in [-0.1, -0.05) is 24.3 Å². The van der Waals surface area contributed by atoms with Gasteiger partial charge >= 0.3 is 0 Å². The first-order valence-corrected chi connectivity index (χ1v) is 11.9. The number of likely N-dealkylation sites (tertiary alicyclic amines) is 1. The maximum absolute atomic E-state index is 14.0. The molecular formula is C27H25F2N5O3. The van der Waals surface area contributed by atoms with E-state index in [4.69, 9.17) is 10.5 Å². The summed E-state index contributed by atoms with van der Waals surface area (Å²) in [5.74, 6) is -1.76. The fraction of sp³-hybridized carbons (Fsp3) is 0.222. The van der Waals surface area contributed by atoms with E-state index in [1.165, 1.54) is 12.1 Å². The molecule has 1 unspecified atom stereocenters. The molecule has 1 aliphatic heterocycles. The van der Waals surface area contributed by atoms with Crippen molar-refractivity contribution in [3.05, 3.63) is 82.8 Å². The smallest absolute Gasteiger partial charge is 0.288 e. The Labute approximate surface area is 211 Å². The van der Waals surface area contributed by atoms with Gasteiger partial charge in [0.1, 0.15) is 11.3 Å². The molecule has 0 spiro atoms. The van der Waals surface area contributed by atoms with Gasteiger partial charge < -0.3 is 19.9 Å². The van der Waals surface area contributed by atoms with Crippen LogP contribution < -0.4 is 16.0 Å². The van der Waals surface area contributed by atoms with Crippen molar-refractivity contribution in [1.29, 1.82) is 0 Å². The third-order valence-corrected chi connectivity index (χ3v) is 6.50. The maximum Gasteiger partial charge on any atom is 0.288 e. The number of fused-ring (bicyclic) bond motifs is 1. The zero-order valence-electron chi connectivity index (χ0n) is 20.1. The van der Waals surface area contributed by atoms with Crippen molar-refractivity contribution in [2.75, 3.05) is 18.8 Å². The van der Waals surface area contributed by atoms with Gasteiger partial charge in [0.2, 0.25) is 5.91 Å². The van der Waals surface area contributed by atoms with Gasteiger partial charge in [0.25, 0.3) is 5.56 Å². The molecule has 1 fully saturated rings. The molecule has 190 valence electrons. The molecule has 0 radical (unpaired) electrons. The molecule has 5 rings (SSSR count). The third-order valence-electron chi connectivity index (χ3n) is 6.50. The Morgan fingerprint density at radius 2 is 1.92 bits per heavy atom. The average Bonchev–Trinajstić information content (AvgIpc) is 3.31. The second-order valence-electron chi connectivity index (χ2n) is 8.87. The van der Waals surface area contributed by atoms with Crippen LogP contribution in [-0.4, -0.2) is 38.7 Å². The number of aromatic amines is 1. The summed E-state index contributed by atoms with van der Waals surface area (Å²) in [6.45, 7) is 2.90. The van der Waals surface area contributed by atoms with E-state index in [0.29, 0.717) is 35.1 Å². The van der Waals surface area contributed by atoms with Crippen molar-refractivity contribution < 1.29 is 18.3 Å². The van der Waals surface area contributed by atoms with Crippen molar-refractivity contribution in [2.45, 2.75) is 25.8 Å². The second-order valence-corrected chi connectivity index (χ2v) is 8.87. The monoisotopic (exact) mass is 505 g/mol. The highest BCUT2D eigenvalue weighted by Gasteiger charge is 2.27. The Bertz CT molecular complexity index is 1540. The van der Waals surface area contributed by atoms with E-state index < -0.39 is 17.4 Å². The molecule has 37 heavy (non-hydrogen) atoms. The predicted molar refractivity (Wildman–Crippen MR) is 136 cm³/mol. The Morgan fingerprint density at radius 1 is 1.19 bits per heavy atom. The van der Waals surface area contributed by atoms with E-state index in [1.807, 2.05) is 10.8 Å². The van der Waals surface area contributed by atoms with Crippen LogP contribution in [0.3, 0.4) is 0 Å². The molecule has 8 nitrogen and oxygen atoms in total. The highest BCUT2D eigenvalue weighted by atomic mass is 19.1. The lowest BCUT2D eigenvalue weighted by atomic mass is 10.1. The van der Waals surface area contributed by atoms with Crippen molar-refractivity contribution in [1.82, 2.24) is 19.7 Å². The van der Waals surface area contributed by atoms with Crippen molar-refractivity contribution in [3.63, 3.8) is 0 Å². The molecule has 0 saturated carbocycles. The number of nitrogens with zero attached hydrogens (tertiary/aromatic N) is 3. The average molecular weight is 506 g/mol. The van der Waals surface area contributed by atoms with Gasteiger partial charge in [-0.05, 0) is 55.7 Å². The normalized spacial score (nSPS) is 16.0. The Kier molecular flexibility index (Phi) is 6.47. The number of hydrogen-bond donors (Lipinski definition) is 2. The number of carbonyl (C=O) groups excluding carboxylic acids is 1. The number of nitrogens with two attached hydrogens (primary N) is 1. The number of para-hydroxylation sites is 1. The molecule has 2 aromatic carbocycles. The number of halogens is 2. The van der Waals surface area contributed by atoms with Crippen molar-refractivity contribution in [3.8, 4) is 22.6 Å². The number of carbonyl (C=O) groups is 1. The topological polar surface area (TPSA) is 106 Å². The van der Waals surface area contributed by atoms with Crippen LogP contribution in [0.1, 0.15) is 25.8 Å². The minimum atomic E-state index is -0.806. The number of ether oxygens (including phenoxy) is 1. The summed E-state index contributed by atoms with van der Waals surface area (Å²) in [6.07, 6.45) is 6.66. The standard InChI is InChI=1S/C27H25F2N5O3/c1-2-5-22(35)33-13-4-6-17(14-33)34-15-19(23-24(34)27(36)32-31-26(23)30)16-9-11-18(12-10-16)37-25-20(28)7-3-8-21(25)29/h2-3,5,7-12,15,17H,4,6,13-14H2,1H3,(H2,30,31)(H,32,36)/b5-2+. The number of hydrogen-bond acceptors (Lipinski definition) is 5. The summed E-state index contributed by atoms with van der Waals surface area (Å²) in [7, 11) is 0. The number of piperidine rings is 1. The molecule has 3 heterocycles. The minimum absolute atomic E-state index is 0.0687. The van der Waals surface area contributed by atoms with Crippen LogP contribution in [0.4, 0.5) is 14.6 Å². The number of amides is 1. The summed E-state index contributed by atoms with van der Waals surface area (Å²) in [5.41, 5.74) is 7.58. The van der Waals surface area contributed by atoms with Gasteiger partial charge in [0.05, 0.1) is 11.4 Å². The van der Waals surface area contributed by atoms with Crippen LogP contribution in [0.15, 0.2) is 65.6 Å². The number of H-pyrrole nitrogens is 1. The fourth-order valence-electron chi connectivity index (χ4n) is 4.77. The van der Waals surface area contributed by atoms with Crippen LogP contribution in [-0.2, 0) is 4.79 Å². The second kappa shape index (κ2) is 9.88.